The van der Waals surface area contributed by atoms with Gasteiger partial charge in [-0.2, -0.15) is 15.3 Å². The van der Waals surface area contributed by atoms with Gasteiger partial charge in [-0.15, -0.1) is 0 Å². The van der Waals surface area contributed by atoms with Crippen LogP contribution in [-0.4, -0.2) is 20.0 Å². The molecule has 0 spiro atoms. The Hall–Kier alpha value is -1.31. The molecule has 1 atom stereocenters. The van der Waals surface area contributed by atoms with Crippen LogP contribution in [0.5, 0.6) is 0 Å². The molecule has 7 heteroatoms. The summed E-state index contributed by atoms with van der Waals surface area (Å²) in [6.07, 6.45) is 0.723. The number of hydrogen-bond acceptors (Lipinski definition) is 5. The van der Waals surface area contributed by atoms with E-state index in [1.54, 1.807) is 0 Å². The third-order valence-corrected chi connectivity index (χ3v) is 4.41. The second-order valence-electron chi connectivity index (χ2n) is 4.92. The Kier molecular flexibility index (Phi) is 4.52. The molecule has 0 radical (unpaired) electrons. The largest absolute Gasteiger partial charge is 0.271 e. The molecular weight excluding hydrogens is 320 g/mol. The number of nitrogens with one attached hydrogen (secondary N) is 1. The molecule has 6 nitrogen and oxygen atoms in total. The van der Waals surface area contributed by atoms with E-state index in [2.05, 4.69) is 36.7 Å². The van der Waals surface area contributed by atoms with Gasteiger partial charge in [0.15, 0.2) is 0 Å². The van der Waals surface area contributed by atoms with E-state index in [1.807, 2.05) is 38.6 Å². The lowest BCUT2D eigenvalue weighted by Gasteiger charge is -2.18. The molecule has 108 valence electrons. The van der Waals surface area contributed by atoms with E-state index in [4.69, 9.17) is 5.84 Å². The van der Waals surface area contributed by atoms with Gasteiger partial charge >= 0.3 is 0 Å². The molecule has 0 aromatic carbocycles. The van der Waals surface area contributed by atoms with Crippen LogP contribution in [-0.2, 0) is 13.5 Å². The Morgan fingerprint density at radius 1 is 1.30 bits per heavy atom. The summed E-state index contributed by atoms with van der Waals surface area (Å²) < 4.78 is 2.90. The second kappa shape index (κ2) is 5.99. The molecule has 0 saturated heterocycles. The number of aryl methyl sites for hydroxylation is 4. The zero-order chi connectivity index (χ0) is 14.9. The van der Waals surface area contributed by atoms with E-state index in [9.17, 15) is 0 Å². The molecule has 2 aromatic heterocycles. The fraction of sp³-hybridized carbons (Fsp3) is 0.462. The Balaban J connectivity index is 2.36. The van der Waals surface area contributed by atoms with E-state index >= 15 is 0 Å². The van der Waals surface area contributed by atoms with Gasteiger partial charge in [-0.05, 0) is 48.3 Å². The van der Waals surface area contributed by atoms with Crippen molar-refractivity contribution in [1.29, 1.82) is 0 Å². The lowest BCUT2D eigenvalue weighted by molar-refractivity contribution is 0.523. The number of halogens is 1. The molecular formula is C13H19BrN6. The lowest BCUT2D eigenvalue weighted by atomic mass is 10.0. The first kappa shape index (κ1) is 15.1. The highest BCUT2D eigenvalue weighted by molar-refractivity contribution is 9.10. The monoisotopic (exact) mass is 338 g/mol. The van der Waals surface area contributed by atoms with Gasteiger partial charge in [-0.25, -0.2) is 0 Å². The molecule has 0 bridgehead atoms. The van der Waals surface area contributed by atoms with Crippen LogP contribution < -0.4 is 11.3 Å². The van der Waals surface area contributed by atoms with Crippen molar-refractivity contribution in [2.24, 2.45) is 12.9 Å². The summed E-state index contributed by atoms with van der Waals surface area (Å²) in [5, 5.41) is 12.6. The standard InChI is InChI=1S/C13H19BrN6/c1-7-5-10(8(2)18-17-7)11(16-15)6-12-13(14)9(3)19-20(12)4/h5,11,16H,6,15H2,1-4H3. The van der Waals surface area contributed by atoms with Crippen LogP contribution in [0.4, 0.5) is 0 Å². The van der Waals surface area contributed by atoms with Gasteiger partial charge in [-0.1, -0.05) is 0 Å². The summed E-state index contributed by atoms with van der Waals surface area (Å²) in [4.78, 5) is 0. The van der Waals surface area contributed by atoms with E-state index in [1.165, 1.54) is 0 Å². The van der Waals surface area contributed by atoms with Crippen LogP contribution in [0.1, 0.15) is 34.4 Å². The average Bonchev–Trinajstić information content (AvgIpc) is 2.65. The van der Waals surface area contributed by atoms with Crippen molar-refractivity contribution in [2.45, 2.75) is 33.2 Å². The number of hydrogen-bond donors (Lipinski definition) is 2. The second-order valence-corrected chi connectivity index (χ2v) is 5.71. The third-order valence-electron chi connectivity index (χ3n) is 3.38. The minimum absolute atomic E-state index is 0.0321. The lowest BCUT2D eigenvalue weighted by Crippen LogP contribution is -2.31. The molecule has 0 aliphatic carbocycles. The molecule has 0 amide bonds. The predicted octanol–water partition coefficient (Wildman–Crippen LogP) is 1.64. The van der Waals surface area contributed by atoms with Gasteiger partial charge in [0.1, 0.15) is 0 Å². The number of nitrogens with two attached hydrogens (primary N) is 1. The molecule has 2 aromatic rings. The minimum atomic E-state index is -0.0321. The van der Waals surface area contributed by atoms with Crippen molar-refractivity contribution in [3.63, 3.8) is 0 Å². The van der Waals surface area contributed by atoms with Crippen molar-refractivity contribution in [3.05, 3.63) is 38.9 Å². The first-order valence-corrected chi connectivity index (χ1v) is 7.18. The van der Waals surface area contributed by atoms with E-state index in [-0.39, 0.29) is 6.04 Å². The SMILES string of the molecule is Cc1cc(C(Cc2c(Br)c(C)nn2C)NN)c(C)nn1. The highest BCUT2D eigenvalue weighted by atomic mass is 79.9. The summed E-state index contributed by atoms with van der Waals surface area (Å²) in [6.45, 7) is 5.84. The number of hydrazine groups is 1. The Bertz CT molecular complexity index is 622. The number of aromatic nitrogens is 4. The van der Waals surface area contributed by atoms with Crippen LogP contribution >= 0.6 is 15.9 Å². The first-order valence-electron chi connectivity index (χ1n) is 6.39. The predicted molar refractivity (Wildman–Crippen MR) is 80.9 cm³/mol. The molecule has 2 heterocycles. The quantitative estimate of drug-likeness (QED) is 0.654. The zero-order valence-corrected chi connectivity index (χ0v) is 13.7. The van der Waals surface area contributed by atoms with E-state index in [0.29, 0.717) is 0 Å². The summed E-state index contributed by atoms with van der Waals surface area (Å²) in [5.74, 6) is 5.74. The van der Waals surface area contributed by atoms with Crippen LogP contribution in [0, 0.1) is 20.8 Å². The fourth-order valence-corrected chi connectivity index (χ4v) is 2.77. The maximum atomic E-state index is 5.74. The van der Waals surface area contributed by atoms with Crippen LogP contribution in [0.25, 0.3) is 0 Å². The molecule has 1 unspecified atom stereocenters. The molecule has 0 aliphatic rings. The molecule has 0 saturated carbocycles. The van der Waals surface area contributed by atoms with E-state index < -0.39 is 0 Å². The third kappa shape index (κ3) is 2.89. The first-order chi connectivity index (χ1) is 9.43. The summed E-state index contributed by atoms with van der Waals surface area (Å²) >= 11 is 3.58. The zero-order valence-electron chi connectivity index (χ0n) is 12.1. The normalized spacial score (nSPS) is 12.7. The topological polar surface area (TPSA) is 81.7 Å². The van der Waals surface area contributed by atoms with Gasteiger partial charge < -0.3 is 0 Å². The molecule has 3 N–H and O–H groups in total. The van der Waals surface area contributed by atoms with Crippen LogP contribution in [0.2, 0.25) is 0 Å². The van der Waals surface area contributed by atoms with Crippen LogP contribution in [0.3, 0.4) is 0 Å². The molecule has 0 aliphatic heterocycles. The summed E-state index contributed by atoms with van der Waals surface area (Å²) in [6, 6.07) is 1.99. The van der Waals surface area contributed by atoms with Crippen molar-refractivity contribution < 1.29 is 0 Å². The summed E-state index contributed by atoms with van der Waals surface area (Å²) in [5.41, 5.74) is 7.76. The Morgan fingerprint density at radius 3 is 2.55 bits per heavy atom. The Labute approximate surface area is 126 Å². The van der Waals surface area contributed by atoms with Crippen molar-refractivity contribution in [1.82, 2.24) is 25.4 Å². The maximum absolute atomic E-state index is 5.74. The van der Waals surface area contributed by atoms with Gasteiger partial charge in [-0.3, -0.25) is 16.0 Å². The van der Waals surface area contributed by atoms with Gasteiger partial charge in [0.05, 0.1) is 33.3 Å². The summed E-state index contributed by atoms with van der Waals surface area (Å²) in [7, 11) is 1.93. The average molecular weight is 339 g/mol. The highest BCUT2D eigenvalue weighted by Gasteiger charge is 2.19. The number of rotatable bonds is 4. The van der Waals surface area contributed by atoms with Crippen molar-refractivity contribution >= 4 is 15.9 Å². The maximum Gasteiger partial charge on any atom is 0.0738 e. The van der Waals surface area contributed by atoms with Crippen molar-refractivity contribution in [2.75, 3.05) is 0 Å². The van der Waals surface area contributed by atoms with E-state index in [0.717, 1.165) is 39.2 Å². The van der Waals surface area contributed by atoms with Crippen LogP contribution in [0.15, 0.2) is 10.5 Å². The molecule has 20 heavy (non-hydrogen) atoms. The van der Waals surface area contributed by atoms with Gasteiger partial charge in [0.2, 0.25) is 0 Å². The Morgan fingerprint density at radius 2 is 2.00 bits per heavy atom. The fourth-order valence-electron chi connectivity index (χ4n) is 2.28. The van der Waals surface area contributed by atoms with Crippen molar-refractivity contribution in [3.8, 4) is 0 Å². The minimum Gasteiger partial charge on any atom is -0.271 e. The van der Waals surface area contributed by atoms with Gasteiger partial charge in [0, 0.05) is 13.5 Å². The number of nitrogens with zero attached hydrogens (tertiary/aromatic N) is 4. The highest BCUT2D eigenvalue weighted by Crippen LogP contribution is 2.26. The van der Waals surface area contributed by atoms with Gasteiger partial charge in [0.25, 0.3) is 0 Å². The molecule has 2 rings (SSSR count). The smallest absolute Gasteiger partial charge is 0.0738 e. The molecule has 0 fully saturated rings.